The summed E-state index contributed by atoms with van der Waals surface area (Å²) < 4.78 is 1.01. The third kappa shape index (κ3) is 5.09. The average molecular weight is 354 g/mol. The molecule has 1 aliphatic rings. The molecule has 5 heteroatoms. The third-order valence-electron chi connectivity index (χ3n) is 4.14. The number of rotatable bonds is 5. The first-order valence-electron chi connectivity index (χ1n) is 7.63. The van der Waals surface area contributed by atoms with Crippen LogP contribution in [-0.4, -0.2) is 36.0 Å². The predicted molar refractivity (Wildman–Crippen MR) is 90.3 cm³/mol. The van der Waals surface area contributed by atoms with E-state index in [0.717, 1.165) is 42.4 Å². The van der Waals surface area contributed by atoms with Crippen molar-refractivity contribution in [3.8, 4) is 0 Å². The van der Waals surface area contributed by atoms with Gasteiger partial charge < -0.3 is 11.1 Å². The normalized spacial score (nSPS) is 22.3. The minimum Gasteiger partial charge on any atom is -0.328 e. The number of likely N-dealkylation sites (N-methyl/N-ethyl adjacent to an activating group) is 1. The van der Waals surface area contributed by atoms with E-state index >= 15 is 0 Å². The molecule has 0 bridgehead atoms. The highest BCUT2D eigenvalue weighted by Gasteiger charge is 2.24. The minimum absolute atomic E-state index is 0.0500. The first kappa shape index (κ1) is 16.5. The van der Waals surface area contributed by atoms with Crippen LogP contribution >= 0.6 is 15.9 Å². The van der Waals surface area contributed by atoms with E-state index in [1.165, 1.54) is 0 Å². The van der Waals surface area contributed by atoms with Gasteiger partial charge in [-0.3, -0.25) is 9.69 Å². The highest BCUT2D eigenvalue weighted by Crippen LogP contribution is 2.22. The molecule has 1 saturated carbocycles. The number of benzene rings is 1. The summed E-state index contributed by atoms with van der Waals surface area (Å²) >= 11 is 3.39. The fraction of sp³-hybridized carbons (Fsp3) is 0.562. The molecule has 116 valence electrons. The van der Waals surface area contributed by atoms with Crippen molar-refractivity contribution >= 4 is 27.5 Å². The average Bonchev–Trinajstić information content (AvgIpc) is 2.48. The van der Waals surface area contributed by atoms with Gasteiger partial charge in [0, 0.05) is 22.2 Å². The maximum absolute atomic E-state index is 12.2. The number of nitrogens with one attached hydrogen (secondary N) is 1. The maximum atomic E-state index is 12.2. The SMILES string of the molecule is CCN(CC(=O)Nc1ccc(Br)cc1)C1CCC(N)CC1. The first-order chi connectivity index (χ1) is 10.1. The van der Waals surface area contributed by atoms with Gasteiger partial charge in [-0.2, -0.15) is 0 Å². The molecule has 1 fully saturated rings. The molecule has 3 N–H and O–H groups in total. The van der Waals surface area contributed by atoms with Gasteiger partial charge in [0.2, 0.25) is 5.91 Å². The lowest BCUT2D eigenvalue weighted by Crippen LogP contribution is -2.44. The van der Waals surface area contributed by atoms with Gasteiger partial charge in [-0.1, -0.05) is 22.9 Å². The van der Waals surface area contributed by atoms with Crippen LogP contribution in [0.1, 0.15) is 32.6 Å². The lowest BCUT2D eigenvalue weighted by Gasteiger charge is -2.34. The number of halogens is 1. The second-order valence-electron chi connectivity index (χ2n) is 5.69. The van der Waals surface area contributed by atoms with E-state index in [9.17, 15) is 4.79 Å². The van der Waals surface area contributed by atoms with Crippen molar-refractivity contribution in [3.05, 3.63) is 28.7 Å². The van der Waals surface area contributed by atoms with Crippen LogP contribution in [0.3, 0.4) is 0 Å². The Morgan fingerprint density at radius 1 is 1.29 bits per heavy atom. The summed E-state index contributed by atoms with van der Waals surface area (Å²) in [5, 5.41) is 2.96. The van der Waals surface area contributed by atoms with Crippen LogP contribution in [0.5, 0.6) is 0 Å². The Labute approximate surface area is 135 Å². The van der Waals surface area contributed by atoms with E-state index in [0.29, 0.717) is 18.6 Å². The molecule has 21 heavy (non-hydrogen) atoms. The van der Waals surface area contributed by atoms with Crippen LogP contribution in [0.15, 0.2) is 28.7 Å². The van der Waals surface area contributed by atoms with E-state index in [-0.39, 0.29) is 5.91 Å². The van der Waals surface area contributed by atoms with Crippen LogP contribution < -0.4 is 11.1 Å². The van der Waals surface area contributed by atoms with Crippen LogP contribution in [0, 0.1) is 0 Å². The molecule has 0 unspecified atom stereocenters. The summed E-state index contributed by atoms with van der Waals surface area (Å²) in [5.74, 6) is 0.0500. The standard InChI is InChI=1S/C16H24BrN3O/c1-2-20(15-9-5-13(18)6-10-15)11-16(21)19-14-7-3-12(17)4-8-14/h3-4,7-8,13,15H,2,5-6,9-11,18H2,1H3,(H,19,21). The topological polar surface area (TPSA) is 58.4 Å². The summed E-state index contributed by atoms with van der Waals surface area (Å²) in [7, 11) is 0. The Kier molecular flexibility index (Phi) is 6.21. The van der Waals surface area contributed by atoms with Gasteiger partial charge in [0.25, 0.3) is 0 Å². The molecule has 0 heterocycles. The number of hydrogen-bond donors (Lipinski definition) is 2. The highest BCUT2D eigenvalue weighted by atomic mass is 79.9. The molecule has 0 aliphatic heterocycles. The molecular weight excluding hydrogens is 330 g/mol. The molecule has 0 radical (unpaired) electrons. The predicted octanol–water partition coefficient (Wildman–Crippen LogP) is 2.98. The lowest BCUT2D eigenvalue weighted by molar-refractivity contribution is -0.118. The lowest BCUT2D eigenvalue weighted by atomic mass is 9.91. The third-order valence-corrected chi connectivity index (χ3v) is 4.67. The van der Waals surface area contributed by atoms with E-state index < -0.39 is 0 Å². The van der Waals surface area contributed by atoms with E-state index in [1.807, 2.05) is 24.3 Å². The first-order valence-corrected chi connectivity index (χ1v) is 8.43. The van der Waals surface area contributed by atoms with Crippen LogP contribution in [-0.2, 0) is 4.79 Å². The zero-order chi connectivity index (χ0) is 15.2. The van der Waals surface area contributed by atoms with E-state index in [2.05, 4.69) is 33.1 Å². The van der Waals surface area contributed by atoms with Crippen molar-refractivity contribution in [2.45, 2.75) is 44.7 Å². The fourth-order valence-electron chi connectivity index (χ4n) is 2.88. The smallest absolute Gasteiger partial charge is 0.238 e. The van der Waals surface area contributed by atoms with Gasteiger partial charge in [-0.05, 0) is 56.5 Å². The Bertz CT molecular complexity index is 455. The Balaban J connectivity index is 1.86. The Morgan fingerprint density at radius 2 is 1.90 bits per heavy atom. The van der Waals surface area contributed by atoms with Crippen molar-refractivity contribution < 1.29 is 4.79 Å². The monoisotopic (exact) mass is 353 g/mol. The number of amides is 1. The zero-order valence-corrected chi connectivity index (χ0v) is 14.1. The number of hydrogen-bond acceptors (Lipinski definition) is 3. The molecule has 1 amide bonds. The Morgan fingerprint density at radius 3 is 2.48 bits per heavy atom. The largest absolute Gasteiger partial charge is 0.328 e. The summed E-state index contributed by atoms with van der Waals surface area (Å²) in [6.07, 6.45) is 4.33. The highest BCUT2D eigenvalue weighted by molar-refractivity contribution is 9.10. The number of nitrogens with zero attached hydrogens (tertiary/aromatic N) is 1. The van der Waals surface area contributed by atoms with Gasteiger partial charge in [0.15, 0.2) is 0 Å². The number of carbonyl (C=O) groups excluding carboxylic acids is 1. The van der Waals surface area contributed by atoms with Crippen LogP contribution in [0.2, 0.25) is 0 Å². The second kappa shape index (κ2) is 7.92. The molecule has 4 nitrogen and oxygen atoms in total. The maximum Gasteiger partial charge on any atom is 0.238 e. The molecule has 1 aromatic carbocycles. The van der Waals surface area contributed by atoms with Crippen molar-refractivity contribution in [1.82, 2.24) is 4.90 Å². The van der Waals surface area contributed by atoms with Crippen LogP contribution in [0.4, 0.5) is 5.69 Å². The van der Waals surface area contributed by atoms with Gasteiger partial charge >= 0.3 is 0 Å². The fourth-order valence-corrected chi connectivity index (χ4v) is 3.15. The zero-order valence-electron chi connectivity index (χ0n) is 12.5. The van der Waals surface area contributed by atoms with E-state index in [1.54, 1.807) is 0 Å². The van der Waals surface area contributed by atoms with Gasteiger partial charge in [-0.25, -0.2) is 0 Å². The van der Waals surface area contributed by atoms with Crippen molar-refractivity contribution in [2.75, 3.05) is 18.4 Å². The molecule has 1 aliphatic carbocycles. The molecule has 0 saturated heterocycles. The molecule has 1 aromatic rings. The number of nitrogens with two attached hydrogens (primary N) is 1. The van der Waals surface area contributed by atoms with Gasteiger partial charge in [0.05, 0.1) is 6.54 Å². The van der Waals surface area contributed by atoms with Crippen molar-refractivity contribution in [1.29, 1.82) is 0 Å². The van der Waals surface area contributed by atoms with Crippen molar-refractivity contribution in [3.63, 3.8) is 0 Å². The molecular formula is C16H24BrN3O. The molecule has 0 atom stereocenters. The number of carbonyl (C=O) groups is 1. The summed E-state index contributed by atoms with van der Waals surface area (Å²) in [6, 6.07) is 8.49. The number of anilines is 1. The summed E-state index contributed by atoms with van der Waals surface area (Å²) in [5.41, 5.74) is 6.79. The summed E-state index contributed by atoms with van der Waals surface area (Å²) in [4.78, 5) is 14.4. The summed E-state index contributed by atoms with van der Waals surface area (Å²) in [6.45, 7) is 3.46. The molecule has 2 rings (SSSR count). The van der Waals surface area contributed by atoms with E-state index in [4.69, 9.17) is 5.73 Å². The quantitative estimate of drug-likeness (QED) is 0.855. The van der Waals surface area contributed by atoms with Gasteiger partial charge in [-0.15, -0.1) is 0 Å². The molecule has 0 spiro atoms. The second-order valence-corrected chi connectivity index (χ2v) is 6.60. The molecule has 0 aromatic heterocycles. The van der Waals surface area contributed by atoms with Crippen molar-refractivity contribution in [2.24, 2.45) is 5.73 Å². The van der Waals surface area contributed by atoms with Crippen LogP contribution in [0.25, 0.3) is 0 Å². The Hall–Kier alpha value is -0.910. The van der Waals surface area contributed by atoms with Gasteiger partial charge in [0.1, 0.15) is 0 Å². The minimum atomic E-state index is 0.0500.